The average Bonchev–Trinajstić information content (AvgIpc) is 2.29. The zero-order valence-corrected chi connectivity index (χ0v) is 10.2. The van der Waals surface area contributed by atoms with E-state index in [-0.39, 0.29) is 5.25 Å². The Balaban J connectivity index is 2.01. The Morgan fingerprint density at radius 1 is 1.31 bits per heavy atom. The SMILES string of the molecule is CS(=O)(=O)C1CCN(c2ccccn2)CC1. The molecule has 1 fully saturated rings. The van der Waals surface area contributed by atoms with Gasteiger partial charge in [0, 0.05) is 25.5 Å². The van der Waals surface area contributed by atoms with E-state index in [1.165, 1.54) is 6.26 Å². The lowest BCUT2D eigenvalue weighted by molar-refractivity contribution is 0.532. The molecule has 1 aromatic heterocycles. The van der Waals surface area contributed by atoms with Gasteiger partial charge in [-0.1, -0.05) is 6.07 Å². The summed E-state index contributed by atoms with van der Waals surface area (Å²) in [6, 6.07) is 5.79. The van der Waals surface area contributed by atoms with Crippen LogP contribution < -0.4 is 4.90 Å². The van der Waals surface area contributed by atoms with Crippen LogP contribution in [-0.4, -0.2) is 38.0 Å². The first kappa shape index (κ1) is 11.4. The van der Waals surface area contributed by atoms with Crippen LogP contribution in [-0.2, 0) is 9.84 Å². The minimum Gasteiger partial charge on any atom is -0.357 e. The molecule has 16 heavy (non-hydrogen) atoms. The molecule has 2 heterocycles. The third-order valence-corrected chi connectivity index (χ3v) is 4.70. The smallest absolute Gasteiger partial charge is 0.150 e. The molecule has 0 amide bonds. The maximum Gasteiger partial charge on any atom is 0.150 e. The van der Waals surface area contributed by atoms with Crippen LogP contribution in [0.15, 0.2) is 24.4 Å². The highest BCUT2D eigenvalue weighted by Gasteiger charge is 2.26. The molecule has 0 aromatic carbocycles. The summed E-state index contributed by atoms with van der Waals surface area (Å²) in [5.41, 5.74) is 0. The molecule has 2 rings (SSSR count). The van der Waals surface area contributed by atoms with Gasteiger partial charge < -0.3 is 4.90 Å². The molecule has 1 aliphatic rings. The van der Waals surface area contributed by atoms with Gasteiger partial charge in [0.15, 0.2) is 0 Å². The molecule has 0 atom stereocenters. The summed E-state index contributed by atoms with van der Waals surface area (Å²) in [5, 5.41) is -0.174. The van der Waals surface area contributed by atoms with E-state index >= 15 is 0 Å². The largest absolute Gasteiger partial charge is 0.357 e. The monoisotopic (exact) mass is 240 g/mol. The Morgan fingerprint density at radius 3 is 2.50 bits per heavy atom. The molecule has 88 valence electrons. The molecule has 0 aliphatic carbocycles. The Hall–Kier alpha value is -1.10. The Labute approximate surface area is 96.2 Å². The average molecular weight is 240 g/mol. The van der Waals surface area contributed by atoms with Gasteiger partial charge in [-0.25, -0.2) is 13.4 Å². The van der Waals surface area contributed by atoms with Crippen molar-refractivity contribution in [1.29, 1.82) is 0 Å². The first-order chi connectivity index (χ1) is 7.57. The predicted molar refractivity (Wildman–Crippen MR) is 64.3 cm³/mol. The molecular weight excluding hydrogens is 224 g/mol. The third kappa shape index (κ3) is 2.52. The predicted octanol–water partition coefficient (Wildman–Crippen LogP) is 1.10. The van der Waals surface area contributed by atoms with Crippen molar-refractivity contribution in [3.05, 3.63) is 24.4 Å². The molecular formula is C11H16N2O2S. The summed E-state index contributed by atoms with van der Waals surface area (Å²) in [7, 11) is -2.88. The first-order valence-electron chi connectivity index (χ1n) is 5.42. The van der Waals surface area contributed by atoms with Crippen molar-refractivity contribution >= 4 is 15.7 Å². The number of sulfone groups is 1. The Kier molecular flexibility index (Phi) is 3.14. The van der Waals surface area contributed by atoms with Crippen LogP contribution in [0.3, 0.4) is 0 Å². The lowest BCUT2D eigenvalue weighted by atomic mass is 10.1. The van der Waals surface area contributed by atoms with E-state index in [1.807, 2.05) is 18.2 Å². The van der Waals surface area contributed by atoms with Crippen molar-refractivity contribution in [3.63, 3.8) is 0 Å². The van der Waals surface area contributed by atoms with Crippen LogP contribution in [0.25, 0.3) is 0 Å². The molecule has 4 nitrogen and oxygen atoms in total. The number of piperidine rings is 1. The van der Waals surface area contributed by atoms with Crippen molar-refractivity contribution in [1.82, 2.24) is 4.98 Å². The minimum atomic E-state index is -2.88. The van der Waals surface area contributed by atoms with E-state index in [0.29, 0.717) is 12.8 Å². The van der Waals surface area contributed by atoms with Crippen molar-refractivity contribution < 1.29 is 8.42 Å². The second-order valence-corrected chi connectivity index (χ2v) is 6.53. The molecule has 5 heteroatoms. The molecule has 0 unspecified atom stereocenters. The van der Waals surface area contributed by atoms with Gasteiger partial charge in [0.25, 0.3) is 0 Å². The van der Waals surface area contributed by atoms with E-state index in [4.69, 9.17) is 0 Å². The third-order valence-electron chi connectivity index (χ3n) is 3.02. The van der Waals surface area contributed by atoms with Crippen LogP contribution in [0.2, 0.25) is 0 Å². The highest BCUT2D eigenvalue weighted by Crippen LogP contribution is 2.20. The fourth-order valence-electron chi connectivity index (χ4n) is 2.05. The molecule has 1 aliphatic heterocycles. The molecule has 0 N–H and O–H groups in total. The number of aromatic nitrogens is 1. The molecule has 1 aromatic rings. The van der Waals surface area contributed by atoms with Crippen molar-refractivity contribution in [3.8, 4) is 0 Å². The number of hydrogen-bond acceptors (Lipinski definition) is 4. The highest BCUT2D eigenvalue weighted by molar-refractivity contribution is 7.91. The van der Waals surface area contributed by atoms with Crippen molar-refractivity contribution in [2.75, 3.05) is 24.2 Å². The van der Waals surface area contributed by atoms with Crippen LogP contribution >= 0.6 is 0 Å². The van der Waals surface area contributed by atoms with E-state index in [9.17, 15) is 8.42 Å². The summed E-state index contributed by atoms with van der Waals surface area (Å²) < 4.78 is 22.8. The van der Waals surface area contributed by atoms with E-state index in [0.717, 1.165) is 18.9 Å². The summed E-state index contributed by atoms with van der Waals surface area (Å²) >= 11 is 0. The standard InChI is InChI=1S/C11H16N2O2S/c1-16(14,15)10-5-8-13(9-6-10)11-4-2-3-7-12-11/h2-4,7,10H,5-6,8-9H2,1H3. The lowest BCUT2D eigenvalue weighted by Gasteiger charge is -2.31. The minimum absolute atomic E-state index is 0.174. The van der Waals surface area contributed by atoms with Gasteiger partial charge in [-0.2, -0.15) is 0 Å². The fourth-order valence-corrected chi connectivity index (χ4v) is 3.12. The summed E-state index contributed by atoms with van der Waals surface area (Å²) in [6.07, 6.45) is 4.50. The van der Waals surface area contributed by atoms with Gasteiger partial charge in [0.1, 0.15) is 15.7 Å². The number of rotatable bonds is 2. The Morgan fingerprint density at radius 2 is 2.00 bits per heavy atom. The number of nitrogens with zero attached hydrogens (tertiary/aromatic N) is 2. The topological polar surface area (TPSA) is 50.3 Å². The van der Waals surface area contributed by atoms with Crippen molar-refractivity contribution in [2.24, 2.45) is 0 Å². The molecule has 0 spiro atoms. The van der Waals surface area contributed by atoms with Gasteiger partial charge in [-0.15, -0.1) is 0 Å². The van der Waals surface area contributed by atoms with Crippen molar-refractivity contribution in [2.45, 2.75) is 18.1 Å². The quantitative estimate of drug-likeness (QED) is 0.776. The summed E-state index contributed by atoms with van der Waals surface area (Å²) in [4.78, 5) is 6.41. The fraction of sp³-hybridized carbons (Fsp3) is 0.545. The maximum atomic E-state index is 11.4. The number of pyridine rings is 1. The summed E-state index contributed by atoms with van der Waals surface area (Å²) in [5.74, 6) is 0.939. The molecule has 1 saturated heterocycles. The zero-order chi connectivity index (χ0) is 11.6. The van der Waals surface area contributed by atoms with Gasteiger partial charge in [0.05, 0.1) is 5.25 Å². The van der Waals surface area contributed by atoms with Crippen LogP contribution in [0, 0.1) is 0 Å². The van der Waals surface area contributed by atoms with Gasteiger partial charge >= 0.3 is 0 Å². The lowest BCUT2D eigenvalue weighted by Crippen LogP contribution is -2.39. The maximum absolute atomic E-state index is 11.4. The second-order valence-electron chi connectivity index (χ2n) is 4.20. The van der Waals surface area contributed by atoms with E-state index in [1.54, 1.807) is 6.20 Å². The van der Waals surface area contributed by atoms with Gasteiger partial charge in [-0.05, 0) is 25.0 Å². The molecule has 0 bridgehead atoms. The van der Waals surface area contributed by atoms with Crippen LogP contribution in [0.5, 0.6) is 0 Å². The zero-order valence-electron chi connectivity index (χ0n) is 9.33. The number of hydrogen-bond donors (Lipinski definition) is 0. The summed E-state index contributed by atoms with van der Waals surface area (Å²) in [6.45, 7) is 1.55. The Bertz CT molecular complexity index is 436. The van der Waals surface area contributed by atoms with Crippen LogP contribution in [0.4, 0.5) is 5.82 Å². The molecule has 0 radical (unpaired) electrons. The normalized spacial score (nSPS) is 18.7. The second kappa shape index (κ2) is 4.41. The number of anilines is 1. The highest BCUT2D eigenvalue weighted by atomic mass is 32.2. The van der Waals surface area contributed by atoms with Gasteiger partial charge in [-0.3, -0.25) is 0 Å². The van der Waals surface area contributed by atoms with E-state index < -0.39 is 9.84 Å². The first-order valence-corrected chi connectivity index (χ1v) is 7.37. The van der Waals surface area contributed by atoms with Gasteiger partial charge in [0.2, 0.25) is 0 Å². The van der Waals surface area contributed by atoms with E-state index in [2.05, 4.69) is 9.88 Å². The molecule has 0 saturated carbocycles. The van der Waals surface area contributed by atoms with Crippen LogP contribution in [0.1, 0.15) is 12.8 Å².